The van der Waals surface area contributed by atoms with Gasteiger partial charge in [-0.2, -0.15) is 15.4 Å². The molecule has 0 unspecified atom stereocenters. The minimum absolute atomic E-state index is 0.0390. The van der Waals surface area contributed by atoms with Gasteiger partial charge in [0, 0.05) is 13.2 Å². The van der Waals surface area contributed by atoms with Gasteiger partial charge in [0.2, 0.25) is 5.60 Å². The van der Waals surface area contributed by atoms with E-state index in [1.54, 1.807) is 36.4 Å². The van der Waals surface area contributed by atoms with E-state index < -0.39 is 62.2 Å². The van der Waals surface area contributed by atoms with E-state index in [9.17, 15) is 24.2 Å². The Morgan fingerprint density at radius 2 is 1.38 bits per heavy atom. The molecule has 0 saturated carbocycles. The Balaban J connectivity index is 1.60. The number of benzene rings is 1. The first-order valence-corrected chi connectivity index (χ1v) is 28.1. The molecule has 6 atom stereocenters. The van der Waals surface area contributed by atoms with Crippen LogP contribution in [0.15, 0.2) is 48.8 Å². The molecule has 0 aliphatic carbocycles. The Morgan fingerprint density at radius 1 is 0.806 bits per heavy atom. The highest BCUT2D eigenvalue weighted by molar-refractivity contribution is 7.52. The zero-order chi connectivity index (χ0) is 52.0. The maximum Gasteiger partial charge on any atom is 0.459 e. The van der Waals surface area contributed by atoms with Crippen molar-refractivity contribution < 1.29 is 56.4 Å². The maximum absolute atomic E-state index is 14.8. The third-order valence-electron chi connectivity index (χ3n) is 12.8. The summed E-state index contributed by atoms with van der Waals surface area (Å²) in [4.78, 5) is 45.1. The summed E-state index contributed by atoms with van der Waals surface area (Å²) in [5.74, 6) is -1.80. The molecule has 0 bridgehead atoms. The topological polar surface area (TPSA) is 234 Å². The van der Waals surface area contributed by atoms with E-state index in [1.807, 2.05) is 13.8 Å². The number of nitrogen functional groups attached to an aromatic ring is 1. The molecular weight excluding hydrogens is 944 g/mol. The Morgan fingerprint density at radius 3 is 1.94 bits per heavy atom. The fourth-order valence-corrected chi connectivity index (χ4v) is 9.93. The molecule has 0 amide bonds. The van der Waals surface area contributed by atoms with Crippen molar-refractivity contribution in [2.75, 3.05) is 45.4 Å². The molecule has 2 aromatic heterocycles. The Labute approximate surface area is 427 Å². The van der Waals surface area contributed by atoms with Crippen molar-refractivity contribution in [3.05, 3.63) is 54.5 Å². The molecule has 4 rings (SSSR count). The van der Waals surface area contributed by atoms with Gasteiger partial charge in [0.25, 0.3) is 0 Å². The van der Waals surface area contributed by atoms with E-state index in [2.05, 4.69) is 35.1 Å². The third kappa shape index (κ3) is 19.7. The number of aromatic nitrogens is 3. The van der Waals surface area contributed by atoms with Crippen LogP contribution in [0.4, 0.5) is 5.82 Å². The van der Waals surface area contributed by atoms with Gasteiger partial charge in [-0.05, 0) is 49.9 Å². The fraction of sp³-hybridized carbons (Fsp3) is 0.698. The van der Waals surface area contributed by atoms with E-state index >= 15 is 0 Å². The van der Waals surface area contributed by atoms with Gasteiger partial charge < -0.3 is 38.7 Å². The van der Waals surface area contributed by atoms with Crippen LogP contribution in [0.3, 0.4) is 0 Å². The van der Waals surface area contributed by atoms with Gasteiger partial charge in [-0.25, -0.2) is 14.1 Å². The molecular formula is C53H83N6O12P. The number of para-hydroxylation sites is 1. The second-order valence-electron chi connectivity index (χ2n) is 18.6. The van der Waals surface area contributed by atoms with Crippen molar-refractivity contribution in [3.8, 4) is 11.8 Å². The van der Waals surface area contributed by atoms with Crippen LogP contribution in [-0.4, -0.2) is 96.5 Å². The molecule has 1 aliphatic rings. The average Bonchev–Trinajstić information content (AvgIpc) is 3.94. The van der Waals surface area contributed by atoms with E-state index in [0.717, 1.165) is 51.4 Å². The van der Waals surface area contributed by atoms with Crippen molar-refractivity contribution in [2.45, 2.75) is 193 Å². The second-order valence-corrected chi connectivity index (χ2v) is 20.3. The summed E-state index contributed by atoms with van der Waals surface area (Å²) < 4.78 is 64.3. The molecule has 19 heteroatoms. The van der Waals surface area contributed by atoms with Crippen molar-refractivity contribution in [2.24, 2.45) is 5.92 Å². The minimum atomic E-state index is -4.55. The van der Waals surface area contributed by atoms with Crippen LogP contribution < -0.4 is 15.3 Å². The maximum atomic E-state index is 14.8. The lowest BCUT2D eigenvalue weighted by atomic mass is 9.92. The number of anilines is 1. The van der Waals surface area contributed by atoms with E-state index in [1.165, 1.54) is 88.0 Å². The highest BCUT2D eigenvalue weighted by atomic mass is 31.2. The minimum Gasteiger partial charge on any atom is -0.464 e. The number of rotatable bonds is 39. The van der Waals surface area contributed by atoms with E-state index in [0.29, 0.717) is 18.7 Å². The first-order valence-electron chi connectivity index (χ1n) is 26.6. The first-order chi connectivity index (χ1) is 34.9. The number of nitriles is 1. The molecule has 1 aromatic carbocycles. The van der Waals surface area contributed by atoms with Crippen LogP contribution in [0.25, 0.3) is 5.52 Å². The summed E-state index contributed by atoms with van der Waals surface area (Å²) >= 11 is 0. The molecule has 402 valence electrons. The number of hydrogen-bond acceptors (Lipinski definition) is 16. The van der Waals surface area contributed by atoms with Gasteiger partial charge in [0.15, 0.2) is 18.0 Å². The summed E-state index contributed by atoms with van der Waals surface area (Å²) in [6, 6.07) is 12.3. The average molecular weight is 1030 g/mol. The lowest BCUT2D eigenvalue weighted by molar-refractivity contribution is -0.170. The number of nitrogens with zero attached hydrogens (tertiary/aromatic N) is 4. The Hall–Kier alpha value is -4.63. The lowest BCUT2D eigenvalue weighted by Crippen LogP contribution is -2.46. The van der Waals surface area contributed by atoms with Crippen LogP contribution in [0.1, 0.15) is 169 Å². The van der Waals surface area contributed by atoms with Crippen molar-refractivity contribution in [1.29, 1.82) is 5.26 Å². The van der Waals surface area contributed by atoms with Gasteiger partial charge in [0.1, 0.15) is 35.8 Å². The molecule has 3 N–H and O–H groups in total. The number of carbonyl (C=O) groups excluding carboxylic acids is 3. The Kier molecular flexibility index (Phi) is 27.7. The summed E-state index contributed by atoms with van der Waals surface area (Å²) in [5, 5.41) is 18.3. The van der Waals surface area contributed by atoms with Crippen LogP contribution in [0.2, 0.25) is 0 Å². The van der Waals surface area contributed by atoms with Gasteiger partial charge in [-0.3, -0.25) is 18.9 Å². The number of nitrogens with two attached hydrogens (primary N) is 1. The molecule has 72 heavy (non-hydrogen) atoms. The zero-order valence-electron chi connectivity index (χ0n) is 43.6. The summed E-state index contributed by atoms with van der Waals surface area (Å²) in [5.41, 5.74) is 4.39. The third-order valence-corrected chi connectivity index (χ3v) is 14.5. The largest absolute Gasteiger partial charge is 0.464 e. The molecule has 0 spiro atoms. The fourth-order valence-electron chi connectivity index (χ4n) is 8.43. The number of esters is 3. The number of fused-ring (bicyclic) bond motifs is 1. The number of hydrogen-bond donors (Lipinski definition) is 2. The van der Waals surface area contributed by atoms with Crippen LogP contribution in [0, 0.1) is 17.2 Å². The zero-order valence-corrected chi connectivity index (χ0v) is 44.5. The number of carbonyl (C=O) groups is 3. The molecule has 18 nitrogen and oxygen atoms in total. The quantitative estimate of drug-likeness (QED) is 0.0234. The lowest BCUT2D eigenvalue weighted by Gasteiger charge is -2.28. The highest BCUT2D eigenvalue weighted by Gasteiger charge is 2.63. The van der Waals surface area contributed by atoms with E-state index in [-0.39, 0.29) is 55.8 Å². The number of unbranched alkanes of at least 4 members (excludes halogenated alkanes) is 14. The van der Waals surface area contributed by atoms with Crippen LogP contribution in [-0.2, 0) is 57.5 Å². The molecule has 0 radical (unpaired) electrons. The van der Waals surface area contributed by atoms with Gasteiger partial charge in [-0.15, -0.1) is 0 Å². The van der Waals surface area contributed by atoms with Crippen molar-refractivity contribution in [3.63, 3.8) is 0 Å². The Bertz CT molecular complexity index is 2120. The predicted molar refractivity (Wildman–Crippen MR) is 274 cm³/mol. The molecule has 1 aliphatic heterocycles. The SMILES string of the molecule is CCCCCCCCCCOCCC(=O)O[C@H]1[C@@H](OC(=O)CCOCCCCCCCCCC)[C@](C#N)(c2ccc3c(N)ncnn23)O[C@@H]1CO[P@@](=O)(N[C@H](C)C(=O)OCC(CC)CC)Oc1ccccc1. The molecule has 3 heterocycles. The second kappa shape index (κ2) is 33.2. The van der Waals surface area contributed by atoms with Gasteiger partial charge >= 0.3 is 25.7 Å². The van der Waals surface area contributed by atoms with Crippen molar-refractivity contribution >= 4 is 37.0 Å². The smallest absolute Gasteiger partial charge is 0.459 e. The standard InChI is InChI=1S/C53H83N6O12P/c1-6-10-12-14-16-18-20-25-33-64-35-31-47(60)68-49-45(38-67-72(63,71-43-27-23-22-24-28-43)58-41(5)52(62)66-37-42(8-3)9-4)70-53(39-54,46-30-29-44-51(55)56-40-57-59(44)46)50(49)69-48(61)32-36-65-34-26-21-19-17-15-13-11-7-2/h22-24,27-30,40-42,45,49-50H,6-21,25-26,31-38H2,1-5H3,(H,58,63)(H2,55,56,57)/t41-,45-,49-,50-,53+,72+/m1/s1. The summed E-state index contributed by atoms with van der Waals surface area (Å²) in [6.07, 6.45) is 15.9. The predicted octanol–water partition coefficient (Wildman–Crippen LogP) is 10.5. The summed E-state index contributed by atoms with van der Waals surface area (Å²) in [6.45, 7) is 10.4. The van der Waals surface area contributed by atoms with Crippen LogP contribution in [0.5, 0.6) is 5.75 Å². The monoisotopic (exact) mass is 1030 g/mol. The number of ether oxygens (including phenoxy) is 6. The van der Waals surface area contributed by atoms with Gasteiger partial charge in [-0.1, -0.05) is 149 Å². The highest BCUT2D eigenvalue weighted by Crippen LogP contribution is 2.48. The van der Waals surface area contributed by atoms with Crippen LogP contribution >= 0.6 is 7.75 Å². The first kappa shape index (κ1) is 59.9. The molecule has 3 aromatic rings. The van der Waals surface area contributed by atoms with E-state index in [4.69, 9.17) is 43.2 Å². The molecule has 1 saturated heterocycles. The summed E-state index contributed by atoms with van der Waals surface area (Å²) in [7, 11) is -4.55. The van der Waals surface area contributed by atoms with Crippen molar-refractivity contribution in [1.82, 2.24) is 19.7 Å². The van der Waals surface area contributed by atoms with Gasteiger partial charge in [0.05, 0.1) is 45.0 Å². The number of nitrogens with one attached hydrogen (secondary N) is 1. The normalized spacial score (nSPS) is 18.9. The molecule has 1 fully saturated rings.